The molecule has 1 saturated heterocycles. The van der Waals surface area contributed by atoms with Crippen molar-refractivity contribution in [3.63, 3.8) is 0 Å². The van der Waals surface area contributed by atoms with Gasteiger partial charge in [0.2, 0.25) is 11.8 Å². The van der Waals surface area contributed by atoms with Crippen molar-refractivity contribution in [1.82, 2.24) is 15.1 Å². The maximum atomic E-state index is 11.0. The number of nitrogens with zero attached hydrogens (tertiary/aromatic N) is 1. The second-order valence-electron chi connectivity index (χ2n) is 2.79. The quantitative estimate of drug-likeness (QED) is 0.521. The molecule has 1 fully saturated rings. The van der Waals surface area contributed by atoms with E-state index in [9.17, 15) is 9.59 Å². The van der Waals surface area contributed by atoms with Gasteiger partial charge in [0, 0.05) is 25.9 Å². The number of halogens is 1. The van der Waals surface area contributed by atoms with Gasteiger partial charge in [-0.05, 0) is 11.8 Å². The van der Waals surface area contributed by atoms with E-state index in [0.29, 0.717) is 25.9 Å². The van der Waals surface area contributed by atoms with Crippen molar-refractivity contribution in [2.24, 2.45) is 0 Å². The van der Waals surface area contributed by atoms with E-state index in [4.69, 9.17) is 11.8 Å². The van der Waals surface area contributed by atoms with E-state index in [1.54, 1.807) is 0 Å². The monoisotopic (exact) mass is 205 g/mol. The maximum absolute atomic E-state index is 11.0. The van der Waals surface area contributed by atoms with Crippen LogP contribution in [0.15, 0.2) is 0 Å². The van der Waals surface area contributed by atoms with Crippen LogP contribution >= 0.6 is 11.8 Å². The minimum absolute atomic E-state index is 0.104. The Morgan fingerprint density at radius 3 is 2.00 bits per heavy atom. The SMILES string of the molecule is O=C1CCN(Cl)CCC(=O)NCN1. The summed E-state index contributed by atoms with van der Waals surface area (Å²) in [6, 6.07) is 0. The van der Waals surface area contributed by atoms with Crippen LogP contribution in [0.5, 0.6) is 0 Å². The third-order valence-corrected chi connectivity index (χ3v) is 2.07. The third kappa shape index (κ3) is 4.10. The lowest BCUT2D eigenvalue weighted by atomic mass is 10.3. The van der Waals surface area contributed by atoms with Crippen LogP contribution in [0.2, 0.25) is 0 Å². The summed E-state index contributed by atoms with van der Waals surface area (Å²) < 4.78 is 1.45. The minimum Gasteiger partial charge on any atom is -0.339 e. The maximum Gasteiger partial charge on any atom is 0.222 e. The fourth-order valence-corrected chi connectivity index (χ4v) is 1.14. The van der Waals surface area contributed by atoms with E-state index < -0.39 is 0 Å². The highest BCUT2D eigenvalue weighted by Gasteiger charge is 2.10. The summed E-state index contributed by atoms with van der Waals surface area (Å²) in [5.41, 5.74) is 0. The lowest BCUT2D eigenvalue weighted by molar-refractivity contribution is -0.123. The van der Waals surface area contributed by atoms with Crippen molar-refractivity contribution >= 4 is 23.6 Å². The van der Waals surface area contributed by atoms with Crippen LogP contribution < -0.4 is 10.6 Å². The standard InChI is InChI=1S/C7H12ClN3O2/c8-11-3-1-6(12)9-5-10-7(13)2-4-11/h1-5H2,(H,9,12)(H,10,13). The van der Waals surface area contributed by atoms with Crippen LogP contribution in [0, 0.1) is 0 Å². The number of carbonyl (C=O) groups is 2. The average molecular weight is 206 g/mol. The molecule has 2 amide bonds. The minimum atomic E-state index is -0.104. The van der Waals surface area contributed by atoms with Crippen molar-refractivity contribution in [3.8, 4) is 0 Å². The summed E-state index contributed by atoms with van der Waals surface area (Å²) in [7, 11) is 0. The molecule has 1 rings (SSSR count). The molecule has 0 unspecified atom stereocenters. The molecule has 1 heterocycles. The summed E-state index contributed by atoms with van der Waals surface area (Å²) in [5, 5.41) is 5.09. The summed E-state index contributed by atoms with van der Waals surface area (Å²) in [5.74, 6) is -0.208. The van der Waals surface area contributed by atoms with Gasteiger partial charge in [0.25, 0.3) is 0 Å². The van der Waals surface area contributed by atoms with Gasteiger partial charge in [-0.3, -0.25) is 9.59 Å². The first-order valence-corrected chi connectivity index (χ1v) is 4.46. The van der Waals surface area contributed by atoms with Gasteiger partial charge >= 0.3 is 0 Å². The summed E-state index contributed by atoms with van der Waals surface area (Å²) in [6.45, 7) is 1.15. The van der Waals surface area contributed by atoms with Crippen LogP contribution in [0.25, 0.3) is 0 Å². The zero-order chi connectivity index (χ0) is 9.68. The Bertz CT molecular complexity index is 190. The predicted octanol–water partition coefficient (Wildman–Crippen LogP) is -0.574. The molecular formula is C7H12ClN3O2. The van der Waals surface area contributed by atoms with E-state index in [1.807, 2.05) is 0 Å². The summed E-state index contributed by atoms with van der Waals surface area (Å²) >= 11 is 5.72. The van der Waals surface area contributed by atoms with Gasteiger partial charge in [-0.1, -0.05) is 0 Å². The molecule has 13 heavy (non-hydrogen) atoms. The van der Waals surface area contributed by atoms with Crippen LogP contribution in [0.3, 0.4) is 0 Å². The Labute approximate surface area is 81.5 Å². The number of rotatable bonds is 0. The Kier molecular flexibility index (Phi) is 3.98. The van der Waals surface area contributed by atoms with Crippen molar-refractivity contribution in [2.45, 2.75) is 12.8 Å². The Hall–Kier alpha value is -0.810. The van der Waals surface area contributed by atoms with Crippen molar-refractivity contribution in [1.29, 1.82) is 0 Å². The van der Waals surface area contributed by atoms with Gasteiger partial charge in [0.1, 0.15) is 0 Å². The Balaban J connectivity index is 2.41. The fraction of sp³-hybridized carbons (Fsp3) is 0.714. The highest BCUT2D eigenvalue weighted by atomic mass is 35.5. The molecule has 0 spiro atoms. The highest BCUT2D eigenvalue weighted by Crippen LogP contribution is 1.99. The number of carbonyl (C=O) groups excluding carboxylic acids is 2. The normalized spacial score (nSPS) is 21.9. The molecule has 0 aliphatic carbocycles. The Morgan fingerprint density at radius 2 is 1.54 bits per heavy atom. The molecule has 1 aliphatic heterocycles. The zero-order valence-electron chi connectivity index (χ0n) is 7.18. The zero-order valence-corrected chi connectivity index (χ0v) is 7.93. The first-order chi connectivity index (χ1) is 6.18. The second-order valence-corrected chi connectivity index (χ2v) is 3.26. The van der Waals surface area contributed by atoms with Gasteiger partial charge in [0.15, 0.2) is 0 Å². The third-order valence-electron chi connectivity index (χ3n) is 1.73. The lowest BCUT2D eigenvalue weighted by Gasteiger charge is -2.15. The molecule has 2 N–H and O–H groups in total. The first kappa shape index (κ1) is 10.3. The molecule has 6 heteroatoms. The van der Waals surface area contributed by atoms with Gasteiger partial charge in [-0.25, -0.2) is 4.42 Å². The first-order valence-electron chi connectivity index (χ1n) is 4.12. The van der Waals surface area contributed by atoms with Gasteiger partial charge in [0.05, 0.1) is 6.67 Å². The summed E-state index contributed by atoms with van der Waals surface area (Å²) in [6.07, 6.45) is 0.721. The van der Waals surface area contributed by atoms with E-state index >= 15 is 0 Å². The van der Waals surface area contributed by atoms with E-state index in [2.05, 4.69) is 10.6 Å². The van der Waals surface area contributed by atoms with Crippen LogP contribution in [0.4, 0.5) is 0 Å². The van der Waals surface area contributed by atoms with Gasteiger partial charge in [-0.2, -0.15) is 0 Å². The smallest absolute Gasteiger partial charge is 0.222 e. The molecule has 0 aromatic carbocycles. The second kappa shape index (κ2) is 5.04. The molecule has 0 saturated carbocycles. The highest BCUT2D eigenvalue weighted by molar-refractivity contribution is 6.13. The molecule has 0 aromatic heterocycles. The number of hydrogen-bond acceptors (Lipinski definition) is 3. The predicted molar refractivity (Wildman–Crippen MR) is 47.8 cm³/mol. The average Bonchev–Trinajstić information content (AvgIpc) is 2.10. The lowest BCUT2D eigenvalue weighted by Crippen LogP contribution is -2.40. The molecule has 0 atom stereocenters. The molecule has 1 aliphatic rings. The largest absolute Gasteiger partial charge is 0.339 e. The molecule has 5 nitrogen and oxygen atoms in total. The van der Waals surface area contributed by atoms with Crippen molar-refractivity contribution in [3.05, 3.63) is 0 Å². The van der Waals surface area contributed by atoms with Crippen LogP contribution in [-0.2, 0) is 9.59 Å². The fourth-order valence-electron chi connectivity index (χ4n) is 0.976. The van der Waals surface area contributed by atoms with E-state index in [0.717, 1.165) is 0 Å². The molecule has 0 bridgehead atoms. The number of nitrogens with one attached hydrogen (secondary N) is 2. The van der Waals surface area contributed by atoms with E-state index in [-0.39, 0.29) is 18.5 Å². The molecule has 0 aromatic rings. The summed E-state index contributed by atoms with van der Waals surface area (Å²) in [4.78, 5) is 22.0. The number of hydrogen-bond donors (Lipinski definition) is 2. The molecule has 74 valence electrons. The molecular weight excluding hydrogens is 194 g/mol. The van der Waals surface area contributed by atoms with E-state index in [1.165, 1.54) is 4.42 Å². The van der Waals surface area contributed by atoms with Crippen LogP contribution in [0.1, 0.15) is 12.8 Å². The van der Waals surface area contributed by atoms with Crippen molar-refractivity contribution in [2.75, 3.05) is 19.8 Å². The number of amides is 2. The molecule has 0 radical (unpaired) electrons. The Morgan fingerprint density at radius 1 is 1.08 bits per heavy atom. The van der Waals surface area contributed by atoms with Crippen LogP contribution in [-0.4, -0.2) is 36.0 Å². The van der Waals surface area contributed by atoms with Crippen molar-refractivity contribution < 1.29 is 9.59 Å². The topological polar surface area (TPSA) is 61.4 Å². The van der Waals surface area contributed by atoms with Gasteiger partial charge in [-0.15, -0.1) is 0 Å². The van der Waals surface area contributed by atoms with Gasteiger partial charge < -0.3 is 10.6 Å².